The van der Waals surface area contributed by atoms with Crippen LogP contribution in [0.5, 0.6) is 0 Å². The number of likely N-dealkylation sites (N-methyl/N-ethyl adjacent to an activating group) is 2. The molecule has 2 atom stereocenters. The van der Waals surface area contributed by atoms with Gasteiger partial charge in [-0.2, -0.15) is 8.42 Å². The van der Waals surface area contributed by atoms with Crippen molar-refractivity contribution in [3.05, 3.63) is 145 Å². The molecule has 14 heteroatoms. The number of rotatable bonds is 11. The van der Waals surface area contributed by atoms with Crippen molar-refractivity contribution in [3.8, 4) is 0 Å². The molecule has 0 radical (unpaired) electrons. The van der Waals surface area contributed by atoms with Gasteiger partial charge in [0.2, 0.25) is 11.8 Å². The Hall–Kier alpha value is -5.61. The number of amides is 2. The lowest BCUT2D eigenvalue weighted by Crippen LogP contribution is -2.47. The number of anilines is 2. The Morgan fingerprint density at radius 3 is 1.56 bits per heavy atom. The van der Waals surface area contributed by atoms with Gasteiger partial charge in [0, 0.05) is 106 Å². The van der Waals surface area contributed by atoms with E-state index in [-0.39, 0.29) is 39.2 Å². The van der Waals surface area contributed by atoms with Crippen LogP contribution < -0.4 is 16.0 Å². The van der Waals surface area contributed by atoms with Gasteiger partial charge < -0.3 is 25.8 Å². The molecule has 3 N–H and O–H groups in total. The number of benzene rings is 4. The zero-order valence-corrected chi connectivity index (χ0v) is 35.9. The number of carbonyl (C=O) groups excluding carboxylic acids is 2. The summed E-state index contributed by atoms with van der Waals surface area (Å²) in [6, 6.07) is 34.3. The van der Waals surface area contributed by atoms with Crippen LogP contribution in [-0.2, 0) is 23.9 Å². The molecular weight excluding hydrogens is 813 g/mol. The average Bonchev–Trinajstić information content (AvgIpc) is 3.27. The molecule has 0 spiro atoms. The van der Waals surface area contributed by atoms with Crippen LogP contribution in [0.25, 0.3) is 21.5 Å². The molecule has 63 heavy (non-hydrogen) atoms. The van der Waals surface area contributed by atoms with E-state index in [2.05, 4.69) is 54.7 Å². The third-order valence-electron chi connectivity index (χ3n) is 10.7. The molecule has 2 fully saturated rings. The predicted octanol–water partition coefficient (Wildman–Crippen LogP) is 6.93. The third kappa shape index (κ3) is 15.9. The highest BCUT2D eigenvalue weighted by Crippen LogP contribution is 2.25. The van der Waals surface area contributed by atoms with Crippen molar-refractivity contribution in [2.75, 3.05) is 96.5 Å². The second-order valence-electron chi connectivity index (χ2n) is 15.4. The summed E-state index contributed by atoms with van der Waals surface area (Å²) in [4.78, 5) is 41.3. The van der Waals surface area contributed by atoms with Crippen LogP contribution in [0.4, 0.5) is 11.4 Å². The summed E-state index contributed by atoms with van der Waals surface area (Å²) in [5, 5.41) is 13.3. The second-order valence-corrected chi connectivity index (χ2v) is 17.1. The van der Waals surface area contributed by atoms with Crippen LogP contribution in [0.2, 0.25) is 0 Å². The molecule has 2 amide bonds. The fourth-order valence-corrected chi connectivity index (χ4v) is 7.45. The van der Waals surface area contributed by atoms with E-state index in [1.54, 1.807) is 48.9 Å². The second kappa shape index (κ2) is 24.9. The van der Waals surface area contributed by atoms with Crippen LogP contribution in [0.15, 0.2) is 134 Å². The molecule has 13 nitrogen and oxygen atoms in total. The number of fused-ring (bicyclic) bond motifs is 2. The van der Waals surface area contributed by atoms with Crippen molar-refractivity contribution in [2.24, 2.45) is 0 Å². The number of nitrogens with one attached hydrogen (secondary N) is 3. The van der Waals surface area contributed by atoms with Crippen LogP contribution in [0.3, 0.4) is 0 Å². The molecule has 2 aromatic heterocycles. The fourth-order valence-electron chi connectivity index (χ4n) is 7.07. The van der Waals surface area contributed by atoms with Crippen LogP contribution >= 0.6 is 0 Å². The largest absolute Gasteiger partial charge is 0.325 e. The van der Waals surface area contributed by atoms with Crippen molar-refractivity contribution >= 4 is 54.9 Å². The highest BCUT2D eigenvalue weighted by molar-refractivity contribution is 7.86. The maximum atomic E-state index is 13.2. The predicted molar refractivity (Wildman–Crippen MR) is 258 cm³/mol. The van der Waals surface area contributed by atoms with Gasteiger partial charge in [-0.05, 0) is 72.4 Å². The zero-order valence-electron chi connectivity index (χ0n) is 35.1. The van der Waals surface area contributed by atoms with Gasteiger partial charge in [-0.1, -0.05) is 87.6 Å². The summed E-state index contributed by atoms with van der Waals surface area (Å²) in [5.74, 6) is -1.25. The Kier molecular flexibility index (Phi) is 19.8. The SMILES string of the molecule is C.C.CN1CCN(CC(C(=O)Nc2ccc3cnccc3c2)c2ccccc2)CC1.CN1CCNCC1.CS(=O)(=O)OCC(C(=O)Nc1ccc2cnccc2c1)c1ccccc1. The van der Waals surface area contributed by atoms with Gasteiger partial charge >= 0.3 is 0 Å². The number of nitrogens with zero attached hydrogens (tertiary/aromatic N) is 5. The van der Waals surface area contributed by atoms with Gasteiger partial charge in [0.15, 0.2) is 0 Å². The molecule has 8 rings (SSSR count). The van der Waals surface area contributed by atoms with Crippen molar-refractivity contribution in [1.29, 1.82) is 0 Å². The molecule has 6 aromatic rings. The molecule has 4 heterocycles. The first kappa shape index (κ1) is 50.0. The Balaban J connectivity index is 0.000000233. The lowest BCUT2D eigenvalue weighted by atomic mass is 9.97. The van der Waals surface area contributed by atoms with E-state index in [1.165, 1.54) is 13.1 Å². The molecular formula is C49H64N8O5S. The lowest BCUT2D eigenvalue weighted by Gasteiger charge is -2.34. The Morgan fingerprint density at radius 1 is 0.635 bits per heavy atom. The minimum absolute atomic E-state index is 0. The molecule has 2 saturated heterocycles. The van der Waals surface area contributed by atoms with E-state index in [4.69, 9.17) is 4.18 Å². The maximum Gasteiger partial charge on any atom is 0.264 e. The lowest BCUT2D eigenvalue weighted by molar-refractivity contribution is -0.119. The van der Waals surface area contributed by atoms with Gasteiger partial charge in [0.25, 0.3) is 10.1 Å². The Labute approximate surface area is 374 Å². The van der Waals surface area contributed by atoms with E-state index in [0.29, 0.717) is 11.3 Å². The quantitative estimate of drug-likeness (QED) is 0.116. The van der Waals surface area contributed by atoms with Gasteiger partial charge in [0.1, 0.15) is 0 Å². The molecule has 0 aliphatic carbocycles. The molecule has 4 aromatic carbocycles. The first-order valence-electron chi connectivity index (χ1n) is 20.5. The van der Waals surface area contributed by atoms with Crippen molar-refractivity contribution in [1.82, 2.24) is 30.0 Å². The van der Waals surface area contributed by atoms with E-state index in [1.807, 2.05) is 85.1 Å². The molecule has 2 unspecified atom stereocenters. The van der Waals surface area contributed by atoms with E-state index in [0.717, 1.165) is 84.9 Å². The standard InChI is InChI=1S/C23H26N4O.C19H18N2O4S.C5H12N2.2CH4/c1-26-11-13-27(14-12-26)17-22(18-5-3-2-4-6-18)23(28)25-21-8-7-20-16-24-10-9-19(20)15-21;1-26(23,24)25-13-18(14-5-3-2-4-6-14)19(22)21-17-8-7-16-12-20-10-9-15(16)11-17;1-7-4-2-6-3-5-7;;/h2-10,15-16,22H,11-14,17H2,1H3,(H,25,28);2-12,18H,13H2,1H3,(H,21,22);6H,2-5H2,1H3;2*1H4. The Morgan fingerprint density at radius 2 is 1.10 bits per heavy atom. The summed E-state index contributed by atoms with van der Waals surface area (Å²) in [7, 11) is 0.651. The monoisotopic (exact) mass is 876 g/mol. The van der Waals surface area contributed by atoms with Crippen LogP contribution in [0, 0.1) is 0 Å². The number of aromatic nitrogens is 2. The van der Waals surface area contributed by atoms with Gasteiger partial charge in [-0.15, -0.1) is 0 Å². The molecule has 2 aliphatic heterocycles. The average molecular weight is 877 g/mol. The third-order valence-corrected chi connectivity index (χ3v) is 11.2. The normalized spacial score (nSPS) is 15.5. The highest BCUT2D eigenvalue weighted by atomic mass is 32.2. The number of hydrogen-bond donors (Lipinski definition) is 3. The number of carbonyl (C=O) groups is 2. The first-order valence-corrected chi connectivity index (χ1v) is 22.4. The van der Waals surface area contributed by atoms with Gasteiger partial charge in [0.05, 0.1) is 24.7 Å². The van der Waals surface area contributed by atoms with Crippen molar-refractivity contribution < 1.29 is 22.2 Å². The van der Waals surface area contributed by atoms with E-state index in [9.17, 15) is 18.0 Å². The summed E-state index contributed by atoms with van der Waals surface area (Å²) in [6.07, 6.45) is 7.99. The number of pyridine rings is 2. The molecule has 2 aliphatic rings. The van der Waals surface area contributed by atoms with Gasteiger partial charge in [-0.25, -0.2) is 0 Å². The summed E-state index contributed by atoms with van der Waals surface area (Å²) in [6.45, 7) is 9.30. The minimum atomic E-state index is -3.65. The Bertz CT molecular complexity index is 2430. The fraction of sp³-hybridized carbons (Fsp3) is 0.347. The van der Waals surface area contributed by atoms with Crippen molar-refractivity contribution in [2.45, 2.75) is 26.7 Å². The smallest absolute Gasteiger partial charge is 0.264 e. The highest BCUT2D eigenvalue weighted by Gasteiger charge is 2.26. The topological polar surface area (TPSA) is 149 Å². The van der Waals surface area contributed by atoms with Crippen molar-refractivity contribution in [3.63, 3.8) is 0 Å². The van der Waals surface area contributed by atoms with Crippen LogP contribution in [-0.4, -0.2) is 131 Å². The summed E-state index contributed by atoms with van der Waals surface area (Å²) < 4.78 is 27.5. The molecule has 336 valence electrons. The number of piperazine rings is 2. The summed E-state index contributed by atoms with van der Waals surface area (Å²) >= 11 is 0. The maximum absolute atomic E-state index is 13.2. The zero-order chi connectivity index (χ0) is 43.0. The van der Waals surface area contributed by atoms with Crippen LogP contribution in [0.1, 0.15) is 37.8 Å². The van der Waals surface area contributed by atoms with E-state index < -0.39 is 16.0 Å². The van der Waals surface area contributed by atoms with E-state index >= 15 is 0 Å². The minimum Gasteiger partial charge on any atom is -0.325 e. The summed E-state index contributed by atoms with van der Waals surface area (Å²) in [5.41, 5.74) is 3.18. The number of hydrogen-bond acceptors (Lipinski definition) is 11. The molecule has 0 saturated carbocycles. The van der Waals surface area contributed by atoms with Gasteiger partial charge in [-0.3, -0.25) is 28.6 Å². The first-order chi connectivity index (χ1) is 29.5. The molecule has 0 bridgehead atoms.